The van der Waals surface area contributed by atoms with E-state index in [1.54, 1.807) is 56.6 Å². The summed E-state index contributed by atoms with van der Waals surface area (Å²) in [5, 5.41) is 18.4. The summed E-state index contributed by atoms with van der Waals surface area (Å²) < 4.78 is 5.23. The van der Waals surface area contributed by atoms with Crippen LogP contribution >= 0.6 is 0 Å². The number of amides is 4. The Hall–Kier alpha value is -3.92. The van der Waals surface area contributed by atoms with Crippen molar-refractivity contribution in [1.82, 2.24) is 20.9 Å². The number of ether oxygens (including phenoxy) is 1. The molecule has 4 N–H and O–H groups in total. The number of carbonyl (C=O) groups excluding carboxylic acids is 4. The highest BCUT2D eigenvalue weighted by Crippen LogP contribution is 2.19. The third kappa shape index (κ3) is 8.91. The van der Waals surface area contributed by atoms with Crippen molar-refractivity contribution in [1.29, 1.82) is 0 Å². The van der Waals surface area contributed by atoms with E-state index in [2.05, 4.69) is 16.0 Å². The van der Waals surface area contributed by atoms with Crippen molar-refractivity contribution in [3.05, 3.63) is 71.8 Å². The SMILES string of the molecule is CCCC(C)(NC(=O)OCc1ccccc1)C(O)C(=O)NCC(=O)NC(C(=O)N(C)C)c1ccccc1. The molecule has 2 rings (SSSR count). The molecule has 3 atom stereocenters. The fourth-order valence-electron chi connectivity index (χ4n) is 3.74. The summed E-state index contributed by atoms with van der Waals surface area (Å²) in [6.07, 6.45) is -1.59. The van der Waals surface area contributed by atoms with Crippen LogP contribution in [0.15, 0.2) is 60.7 Å². The minimum absolute atomic E-state index is 0.0333. The quantitative estimate of drug-likeness (QED) is 0.343. The summed E-state index contributed by atoms with van der Waals surface area (Å²) in [6.45, 7) is 2.94. The van der Waals surface area contributed by atoms with Crippen LogP contribution in [0.2, 0.25) is 0 Å². The molecular weight excluding hydrogens is 476 g/mol. The van der Waals surface area contributed by atoms with Gasteiger partial charge < -0.3 is 30.7 Å². The Morgan fingerprint density at radius 3 is 2.16 bits per heavy atom. The molecule has 0 fully saturated rings. The monoisotopic (exact) mass is 512 g/mol. The first kappa shape index (κ1) is 29.3. The van der Waals surface area contributed by atoms with E-state index in [0.29, 0.717) is 12.0 Å². The number of hydrogen-bond acceptors (Lipinski definition) is 6. The number of benzene rings is 2. The van der Waals surface area contributed by atoms with Crippen molar-refractivity contribution in [2.24, 2.45) is 0 Å². The van der Waals surface area contributed by atoms with E-state index in [9.17, 15) is 24.3 Å². The summed E-state index contributed by atoms with van der Waals surface area (Å²) in [7, 11) is 3.16. The van der Waals surface area contributed by atoms with Crippen molar-refractivity contribution in [3.63, 3.8) is 0 Å². The van der Waals surface area contributed by atoms with Gasteiger partial charge >= 0.3 is 6.09 Å². The van der Waals surface area contributed by atoms with Crippen LogP contribution in [0.5, 0.6) is 0 Å². The van der Waals surface area contributed by atoms with Crippen molar-refractivity contribution in [2.45, 2.75) is 51.0 Å². The summed E-state index contributed by atoms with van der Waals surface area (Å²) in [6, 6.07) is 16.9. The third-order valence-electron chi connectivity index (χ3n) is 5.77. The van der Waals surface area contributed by atoms with Gasteiger partial charge in [0.1, 0.15) is 12.6 Å². The summed E-state index contributed by atoms with van der Waals surface area (Å²) in [5.41, 5.74) is 0.0478. The van der Waals surface area contributed by atoms with Gasteiger partial charge in [-0.1, -0.05) is 74.0 Å². The molecule has 0 saturated carbocycles. The molecule has 0 radical (unpaired) electrons. The highest BCUT2D eigenvalue weighted by Gasteiger charge is 2.39. The van der Waals surface area contributed by atoms with Gasteiger partial charge in [0.15, 0.2) is 6.10 Å². The number of alkyl carbamates (subject to hydrolysis) is 1. The number of carbonyl (C=O) groups is 4. The van der Waals surface area contributed by atoms with Gasteiger partial charge in [0, 0.05) is 14.1 Å². The van der Waals surface area contributed by atoms with E-state index in [1.165, 1.54) is 11.8 Å². The van der Waals surface area contributed by atoms with Gasteiger partial charge in [0.2, 0.25) is 11.8 Å². The maximum absolute atomic E-state index is 12.7. The summed E-state index contributed by atoms with van der Waals surface area (Å²) in [5.74, 6) is -1.79. The molecule has 0 spiro atoms. The Balaban J connectivity index is 1.97. The zero-order valence-corrected chi connectivity index (χ0v) is 21.7. The van der Waals surface area contributed by atoms with E-state index in [4.69, 9.17) is 4.74 Å². The van der Waals surface area contributed by atoms with Crippen LogP contribution in [0.3, 0.4) is 0 Å². The van der Waals surface area contributed by atoms with Crippen molar-refractivity contribution >= 4 is 23.8 Å². The van der Waals surface area contributed by atoms with Crippen LogP contribution in [0.1, 0.15) is 43.9 Å². The lowest BCUT2D eigenvalue weighted by Crippen LogP contribution is -2.60. The normalized spacial score (nSPS) is 13.9. The number of hydrogen-bond donors (Lipinski definition) is 4. The summed E-state index contributed by atoms with van der Waals surface area (Å²) in [4.78, 5) is 51.7. The van der Waals surface area contributed by atoms with Crippen LogP contribution in [-0.4, -0.2) is 66.1 Å². The maximum Gasteiger partial charge on any atom is 0.407 e. The van der Waals surface area contributed by atoms with Gasteiger partial charge in [-0.3, -0.25) is 14.4 Å². The van der Waals surface area contributed by atoms with Crippen molar-refractivity contribution < 1.29 is 29.0 Å². The number of aliphatic hydroxyl groups excluding tert-OH is 1. The van der Waals surface area contributed by atoms with Crippen LogP contribution in [0.25, 0.3) is 0 Å². The summed E-state index contributed by atoms with van der Waals surface area (Å²) >= 11 is 0. The predicted octanol–water partition coefficient (Wildman–Crippen LogP) is 1.89. The molecule has 0 aromatic heterocycles. The molecule has 200 valence electrons. The molecule has 0 aliphatic rings. The molecule has 0 aliphatic carbocycles. The van der Waals surface area contributed by atoms with Gasteiger partial charge in [-0.2, -0.15) is 0 Å². The second kappa shape index (κ2) is 14.0. The lowest BCUT2D eigenvalue weighted by molar-refractivity contribution is -0.136. The van der Waals surface area contributed by atoms with Gasteiger partial charge in [0.25, 0.3) is 5.91 Å². The van der Waals surface area contributed by atoms with Crippen molar-refractivity contribution in [3.8, 4) is 0 Å². The Kier molecular flexibility index (Phi) is 11.1. The zero-order chi connectivity index (χ0) is 27.4. The minimum Gasteiger partial charge on any atom is -0.445 e. The van der Waals surface area contributed by atoms with Crippen LogP contribution < -0.4 is 16.0 Å². The van der Waals surface area contributed by atoms with E-state index in [-0.39, 0.29) is 18.9 Å². The first-order chi connectivity index (χ1) is 17.6. The highest BCUT2D eigenvalue weighted by atomic mass is 16.5. The third-order valence-corrected chi connectivity index (χ3v) is 5.77. The molecule has 10 heteroatoms. The van der Waals surface area contributed by atoms with Crippen LogP contribution in [-0.2, 0) is 25.7 Å². The number of rotatable bonds is 12. The lowest BCUT2D eigenvalue weighted by atomic mass is 9.89. The smallest absolute Gasteiger partial charge is 0.407 e. The predicted molar refractivity (Wildman–Crippen MR) is 138 cm³/mol. The average Bonchev–Trinajstić information content (AvgIpc) is 2.89. The van der Waals surface area contributed by atoms with Gasteiger partial charge in [-0.15, -0.1) is 0 Å². The molecule has 10 nitrogen and oxygen atoms in total. The standard InChI is InChI=1S/C27H36N4O6/c1-5-16-27(2,30-26(36)37-18-19-12-8-6-9-13-19)23(33)24(34)28-17-21(32)29-22(25(35)31(3)4)20-14-10-7-11-15-20/h6-15,22-23,33H,5,16-18H2,1-4H3,(H,28,34)(H,29,32)(H,30,36). The second-order valence-corrected chi connectivity index (χ2v) is 9.12. The molecule has 2 aromatic rings. The molecule has 0 heterocycles. The van der Waals surface area contributed by atoms with E-state index in [1.807, 2.05) is 25.1 Å². The van der Waals surface area contributed by atoms with Gasteiger partial charge in [-0.05, 0) is 24.5 Å². The maximum atomic E-state index is 12.7. The Morgan fingerprint density at radius 2 is 1.59 bits per heavy atom. The fourth-order valence-corrected chi connectivity index (χ4v) is 3.74. The Bertz CT molecular complexity index is 1050. The molecule has 0 saturated heterocycles. The van der Waals surface area contributed by atoms with Gasteiger partial charge in [0.05, 0.1) is 12.1 Å². The number of aliphatic hydroxyl groups is 1. The van der Waals surface area contributed by atoms with E-state index < -0.39 is 42.1 Å². The average molecular weight is 513 g/mol. The topological polar surface area (TPSA) is 137 Å². The molecule has 3 unspecified atom stereocenters. The Morgan fingerprint density at radius 1 is 1.00 bits per heavy atom. The highest BCUT2D eigenvalue weighted by molar-refractivity contribution is 5.91. The zero-order valence-electron chi connectivity index (χ0n) is 21.7. The van der Waals surface area contributed by atoms with Gasteiger partial charge in [-0.25, -0.2) is 4.79 Å². The molecule has 37 heavy (non-hydrogen) atoms. The van der Waals surface area contributed by atoms with E-state index >= 15 is 0 Å². The molecular formula is C27H36N4O6. The fraction of sp³-hybridized carbons (Fsp3) is 0.407. The molecule has 2 aromatic carbocycles. The molecule has 0 aliphatic heterocycles. The second-order valence-electron chi connectivity index (χ2n) is 9.12. The largest absolute Gasteiger partial charge is 0.445 e. The number of nitrogens with zero attached hydrogens (tertiary/aromatic N) is 1. The first-order valence-electron chi connectivity index (χ1n) is 12.1. The van der Waals surface area contributed by atoms with Crippen molar-refractivity contribution in [2.75, 3.05) is 20.6 Å². The Labute approximate surface area is 217 Å². The lowest BCUT2D eigenvalue weighted by Gasteiger charge is -2.34. The van der Waals surface area contributed by atoms with Crippen LogP contribution in [0, 0.1) is 0 Å². The van der Waals surface area contributed by atoms with Crippen LogP contribution in [0.4, 0.5) is 4.79 Å². The minimum atomic E-state index is -1.65. The van der Waals surface area contributed by atoms with E-state index in [0.717, 1.165) is 5.56 Å². The first-order valence-corrected chi connectivity index (χ1v) is 12.1. The molecule has 0 bridgehead atoms. The molecule has 4 amide bonds. The number of likely N-dealkylation sites (N-methyl/N-ethyl adjacent to an activating group) is 1. The number of nitrogens with one attached hydrogen (secondary N) is 3.